The molecule has 3 nitrogen and oxygen atoms in total. The van der Waals surface area contributed by atoms with Gasteiger partial charge < -0.3 is 15.4 Å². The predicted molar refractivity (Wildman–Crippen MR) is 66.6 cm³/mol. The van der Waals surface area contributed by atoms with Gasteiger partial charge in [0.2, 0.25) is 0 Å². The van der Waals surface area contributed by atoms with Crippen LogP contribution in [0.15, 0.2) is 16.6 Å². The minimum Gasteiger partial charge on any atom is -0.397 e. The number of halogens is 4. The Morgan fingerprint density at radius 2 is 1.83 bits per heavy atom. The van der Waals surface area contributed by atoms with Crippen molar-refractivity contribution in [1.29, 1.82) is 0 Å². The summed E-state index contributed by atoms with van der Waals surface area (Å²) in [5.74, 6) is 0. The van der Waals surface area contributed by atoms with Crippen LogP contribution in [0.4, 0.5) is 24.5 Å². The van der Waals surface area contributed by atoms with E-state index in [1.54, 1.807) is 0 Å². The molecular formula is C11H12BrF3N2O. The second kappa shape index (κ2) is 4.97. The van der Waals surface area contributed by atoms with Crippen LogP contribution in [0.3, 0.4) is 0 Å². The van der Waals surface area contributed by atoms with Gasteiger partial charge in [0.15, 0.2) is 0 Å². The first-order chi connectivity index (χ1) is 8.39. The average molecular weight is 325 g/mol. The highest BCUT2D eigenvalue weighted by molar-refractivity contribution is 9.10. The summed E-state index contributed by atoms with van der Waals surface area (Å²) >= 11 is 3.16. The third kappa shape index (κ3) is 2.72. The fourth-order valence-electron chi connectivity index (χ4n) is 1.90. The van der Waals surface area contributed by atoms with Crippen molar-refractivity contribution in [2.45, 2.75) is 6.18 Å². The molecule has 0 aromatic heterocycles. The Hall–Kier alpha value is -0.950. The summed E-state index contributed by atoms with van der Waals surface area (Å²) in [6, 6.07) is 2.02. The second-order valence-electron chi connectivity index (χ2n) is 3.99. The molecule has 1 fully saturated rings. The summed E-state index contributed by atoms with van der Waals surface area (Å²) in [5, 5.41) is 0. The number of nitrogens with two attached hydrogens (primary N) is 1. The smallest absolute Gasteiger partial charge is 0.397 e. The highest BCUT2D eigenvalue weighted by Gasteiger charge is 2.32. The fourth-order valence-corrected chi connectivity index (χ4v) is 2.63. The third-order valence-corrected chi connectivity index (χ3v) is 3.35. The molecule has 0 unspecified atom stereocenters. The van der Waals surface area contributed by atoms with Crippen LogP contribution in [0, 0.1) is 0 Å². The molecule has 1 aliphatic rings. The van der Waals surface area contributed by atoms with E-state index in [9.17, 15) is 13.2 Å². The van der Waals surface area contributed by atoms with Gasteiger partial charge in [0.1, 0.15) is 0 Å². The van der Waals surface area contributed by atoms with Crippen LogP contribution >= 0.6 is 15.9 Å². The van der Waals surface area contributed by atoms with E-state index in [1.165, 1.54) is 0 Å². The number of ether oxygens (including phenoxy) is 1. The van der Waals surface area contributed by atoms with E-state index < -0.39 is 11.7 Å². The van der Waals surface area contributed by atoms with E-state index in [0.717, 1.165) is 12.1 Å². The van der Waals surface area contributed by atoms with Crippen molar-refractivity contribution < 1.29 is 17.9 Å². The molecule has 1 aromatic carbocycles. The van der Waals surface area contributed by atoms with Crippen molar-refractivity contribution >= 4 is 27.3 Å². The molecular weight excluding hydrogens is 313 g/mol. The molecule has 18 heavy (non-hydrogen) atoms. The Labute approximate surface area is 111 Å². The van der Waals surface area contributed by atoms with E-state index >= 15 is 0 Å². The number of anilines is 2. The van der Waals surface area contributed by atoms with Crippen molar-refractivity contribution in [3.8, 4) is 0 Å². The minimum absolute atomic E-state index is 0.124. The molecule has 0 aliphatic carbocycles. The molecule has 0 saturated carbocycles. The van der Waals surface area contributed by atoms with Gasteiger partial charge in [-0.1, -0.05) is 0 Å². The molecule has 1 aromatic rings. The van der Waals surface area contributed by atoms with Gasteiger partial charge in [-0.2, -0.15) is 13.2 Å². The standard InChI is InChI=1S/C11H12BrF3N2O/c12-8-5-7(11(13,14)15)6-9(16)10(8)17-1-3-18-4-2-17/h5-6H,1-4,16H2. The van der Waals surface area contributed by atoms with Gasteiger partial charge in [0.05, 0.1) is 30.2 Å². The zero-order chi connectivity index (χ0) is 13.3. The highest BCUT2D eigenvalue weighted by atomic mass is 79.9. The predicted octanol–water partition coefficient (Wildman–Crippen LogP) is 2.89. The molecule has 0 spiro atoms. The van der Waals surface area contributed by atoms with Crippen molar-refractivity contribution in [2.75, 3.05) is 36.9 Å². The zero-order valence-corrected chi connectivity index (χ0v) is 11.0. The molecule has 1 heterocycles. The Bertz CT molecular complexity index is 421. The number of nitrogen functional groups attached to an aromatic ring is 1. The molecule has 0 amide bonds. The largest absolute Gasteiger partial charge is 0.416 e. The summed E-state index contributed by atoms with van der Waals surface area (Å²) in [5.41, 5.74) is 5.72. The zero-order valence-electron chi connectivity index (χ0n) is 9.43. The SMILES string of the molecule is Nc1cc(C(F)(F)F)cc(Br)c1N1CCOCC1. The third-order valence-electron chi connectivity index (χ3n) is 2.75. The fraction of sp³-hybridized carbons (Fsp3) is 0.455. The van der Waals surface area contributed by atoms with Gasteiger partial charge in [-0.15, -0.1) is 0 Å². The molecule has 1 saturated heterocycles. The monoisotopic (exact) mass is 324 g/mol. The minimum atomic E-state index is -4.39. The quantitative estimate of drug-likeness (QED) is 0.807. The molecule has 2 N–H and O–H groups in total. The Morgan fingerprint density at radius 1 is 1.22 bits per heavy atom. The normalized spacial score (nSPS) is 17.0. The molecule has 0 bridgehead atoms. The van der Waals surface area contributed by atoms with Crippen LogP contribution < -0.4 is 10.6 Å². The topological polar surface area (TPSA) is 38.5 Å². The van der Waals surface area contributed by atoms with E-state index in [1.807, 2.05) is 4.90 Å². The lowest BCUT2D eigenvalue weighted by Gasteiger charge is -2.31. The molecule has 1 aliphatic heterocycles. The lowest BCUT2D eigenvalue weighted by Crippen LogP contribution is -2.37. The van der Waals surface area contributed by atoms with Gasteiger partial charge in [-0.3, -0.25) is 0 Å². The van der Waals surface area contributed by atoms with Gasteiger partial charge in [0.25, 0.3) is 0 Å². The summed E-state index contributed by atoms with van der Waals surface area (Å²) < 4.78 is 43.4. The van der Waals surface area contributed by atoms with E-state index in [2.05, 4.69) is 15.9 Å². The number of benzene rings is 1. The van der Waals surface area contributed by atoms with Crippen LogP contribution in [0.5, 0.6) is 0 Å². The van der Waals surface area contributed by atoms with E-state index in [4.69, 9.17) is 10.5 Å². The summed E-state index contributed by atoms with van der Waals surface area (Å²) in [6.45, 7) is 2.34. The highest BCUT2D eigenvalue weighted by Crippen LogP contribution is 2.39. The van der Waals surface area contributed by atoms with Gasteiger partial charge in [-0.25, -0.2) is 0 Å². The summed E-state index contributed by atoms with van der Waals surface area (Å²) in [4.78, 5) is 1.92. The van der Waals surface area contributed by atoms with Crippen LogP contribution in [0.1, 0.15) is 5.56 Å². The van der Waals surface area contributed by atoms with Crippen molar-refractivity contribution in [2.24, 2.45) is 0 Å². The van der Waals surface area contributed by atoms with Crippen LogP contribution in [-0.2, 0) is 10.9 Å². The molecule has 100 valence electrons. The van der Waals surface area contributed by atoms with Crippen molar-refractivity contribution in [3.05, 3.63) is 22.2 Å². The van der Waals surface area contributed by atoms with Gasteiger partial charge in [0, 0.05) is 17.6 Å². The number of morpholine rings is 1. The number of hydrogen-bond donors (Lipinski definition) is 1. The lowest BCUT2D eigenvalue weighted by molar-refractivity contribution is -0.137. The van der Waals surface area contributed by atoms with Crippen LogP contribution in [0.2, 0.25) is 0 Å². The summed E-state index contributed by atoms with van der Waals surface area (Å²) in [6.07, 6.45) is -4.39. The van der Waals surface area contributed by atoms with Crippen LogP contribution in [0.25, 0.3) is 0 Å². The number of rotatable bonds is 1. The van der Waals surface area contributed by atoms with Crippen LogP contribution in [-0.4, -0.2) is 26.3 Å². The van der Waals surface area contributed by atoms with Gasteiger partial charge in [-0.05, 0) is 28.1 Å². The molecule has 2 rings (SSSR count). The molecule has 0 atom stereocenters. The number of alkyl halides is 3. The first kappa shape index (κ1) is 13.5. The molecule has 0 radical (unpaired) electrons. The summed E-state index contributed by atoms with van der Waals surface area (Å²) in [7, 11) is 0. The van der Waals surface area contributed by atoms with E-state index in [0.29, 0.717) is 36.5 Å². The average Bonchev–Trinajstić information content (AvgIpc) is 2.28. The first-order valence-electron chi connectivity index (χ1n) is 5.38. The first-order valence-corrected chi connectivity index (χ1v) is 6.18. The maximum atomic E-state index is 12.6. The van der Waals surface area contributed by atoms with Crippen molar-refractivity contribution in [1.82, 2.24) is 0 Å². The number of hydrogen-bond acceptors (Lipinski definition) is 3. The second-order valence-corrected chi connectivity index (χ2v) is 4.85. The van der Waals surface area contributed by atoms with Gasteiger partial charge >= 0.3 is 6.18 Å². The maximum Gasteiger partial charge on any atom is 0.416 e. The maximum absolute atomic E-state index is 12.6. The lowest BCUT2D eigenvalue weighted by atomic mass is 10.1. The molecule has 7 heteroatoms. The Morgan fingerprint density at radius 3 is 2.33 bits per heavy atom. The Kier molecular flexibility index (Phi) is 3.72. The number of nitrogens with zero attached hydrogens (tertiary/aromatic N) is 1. The Balaban J connectivity index is 2.37. The van der Waals surface area contributed by atoms with Crippen molar-refractivity contribution in [3.63, 3.8) is 0 Å². The van der Waals surface area contributed by atoms with E-state index in [-0.39, 0.29) is 5.69 Å².